The molecule has 0 unspecified atom stereocenters. The Kier molecular flexibility index (Phi) is 2.81. The Morgan fingerprint density at radius 1 is 1.36 bits per heavy atom. The van der Waals surface area contributed by atoms with Gasteiger partial charge in [-0.05, 0) is 5.56 Å². The topological polar surface area (TPSA) is 37.3 Å². The zero-order valence-electron chi connectivity index (χ0n) is 6.10. The molecule has 1 rings (SSSR count). The summed E-state index contributed by atoms with van der Waals surface area (Å²) in [6.45, 7) is -0.118. The molecule has 0 aliphatic rings. The number of aliphatic hydroxyl groups is 1. The molecule has 1 aromatic rings. The molecule has 11 heavy (non-hydrogen) atoms. The number of aliphatic hydroxyl groups excluding tert-OH is 1. The Morgan fingerprint density at radius 2 is 2.00 bits per heavy atom. The van der Waals surface area contributed by atoms with Gasteiger partial charge in [0.2, 0.25) is 0 Å². The first kappa shape index (κ1) is 7.95. The van der Waals surface area contributed by atoms with Crippen LogP contribution < -0.4 is 0 Å². The molecule has 0 saturated heterocycles. The van der Waals surface area contributed by atoms with Crippen molar-refractivity contribution in [2.45, 2.75) is 5.92 Å². The van der Waals surface area contributed by atoms with Crippen molar-refractivity contribution >= 4 is 6.29 Å². The van der Waals surface area contributed by atoms with Crippen molar-refractivity contribution in [1.82, 2.24) is 0 Å². The molecule has 0 fully saturated rings. The first-order valence-corrected chi connectivity index (χ1v) is 3.49. The van der Waals surface area contributed by atoms with Gasteiger partial charge in [-0.3, -0.25) is 0 Å². The molecule has 0 aliphatic carbocycles. The Bertz CT molecular complexity index is 218. The molecule has 0 amide bonds. The van der Waals surface area contributed by atoms with Crippen molar-refractivity contribution in [3.05, 3.63) is 35.9 Å². The second kappa shape index (κ2) is 3.88. The van der Waals surface area contributed by atoms with E-state index < -0.39 is 0 Å². The highest BCUT2D eigenvalue weighted by molar-refractivity contribution is 5.62. The average Bonchev–Trinajstić information content (AvgIpc) is 2.09. The van der Waals surface area contributed by atoms with Crippen LogP contribution in [-0.2, 0) is 4.79 Å². The average molecular weight is 150 g/mol. The third kappa shape index (κ3) is 1.88. The summed E-state index contributed by atoms with van der Waals surface area (Å²) >= 11 is 0. The predicted octanol–water partition coefficient (Wildman–Crippen LogP) is 0.961. The fourth-order valence-corrected chi connectivity index (χ4v) is 0.927. The van der Waals surface area contributed by atoms with Crippen LogP contribution in [0.2, 0.25) is 0 Å². The monoisotopic (exact) mass is 150 g/mol. The molecule has 1 aromatic carbocycles. The maximum absolute atomic E-state index is 10.4. The quantitative estimate of drug-likeness (QED) is 0.651. The highest BCUT2D eigenvalue weighted by Gasteiger charge is 2.06. The molecule has 1 N–H and O–H groups in total. The summed E-state index contributed by atoms with van der Waals surface area (Å²) in [6.07, 6.45) is 0.759. The Morgan fingerprint density at radius 3 is 2.45 bits per heavy atom. The minimum atomic E-state index is -0.365. The van der Waals surface area contributed by atoms with E-state index in [0.29, 0.717) is 0 Å². The van der Waals surface area contributed by atoms with E-state index >= 15 is 0 Å². The van der Waals surface area contributed by atoms with E-state index in [-0.39, 0.29) is 12.5 Å². The van der Waals surface area contributed by atoms with E-state index in [1.807, 2.05) is 30.3 Å². The SMILES string of the molecule is O=C[C@@H](CO)c1ccccc1. The van der Waals surface area contributed by atoms with Crippen LogP contribution in [0, 0.1) is 0 Å². The number of hydrogen-bond donors (Lipinski definition) is 1. The number of hydrogen-bond acceptors (Lipinski definition) is 2. The zero-order chi connectivity index (χ0) is 8.10. The largest absolute Gasteiger partial charge is 0.395 e. The summed E-state index contributed by atoms with van der Waals surface area (Å²) in [4.78, 5) is 10.4. The Labute approximate surface area is 65.5 Å². The second-order valence-electron chi connectivity index (χ2n) is 2.34. The molecule has 0 saturated carbocycles. The van der Waals surface area contributed by atoms with Gasteiger partial charge in [-0.15, -0.1) is 0 Å². The van der Waals surface area contributed by atoms with Crippen LogP contribution in [0.15, 0.2) is 30.3 Å². The van der Waals surface area contributed by atoms with Gasteiger partial charge >= 0.3 is 0 Å². The molecule has 0 heterocycles. The fourth-order valence-electron chi connectivity index (χ4n) is 0.927. The van der Waals surface area contributed by atoms with Crippen molar-refractivity contribution < 1.29 is 9.90 Å². The molecule has 58 valence electrons. The molecule has 2 nitrogen and oxygen atoms in total. The molecule has 0 radical (unpaired) electrons. The molecule has 0 aromatic heterocycles. The molecular formula is C9H10O2. The highest BCUT2D eigenvalue weighted by atomic mass is 16.3. The summed E-state index contributed by atoms with van der Waals surface area (Å²) in [5.74, 6) is -0.365. The van der Waals surface area contributed by atoms with Crippen molar-refractivity contribution in [2.24, 2.45) is 0 Å². The van der Waals surface area contributed by atoms with Crippen LogP contribution in [0.1, 0.15) is 11.5 Å². The van der Waals surface area contributed by atoms with E-state index in [1.165, 1.54) is 0 Å². The van der Waals surface area contributed by atoms with Gasteiger partial charge in [0.15, 0.2) is 0 Å². The first-order valence-electron chi connectivity index (χ1n) is 3.49. The number of carbonyl (C=O) groups excluding carboxylic acids is 1. The predicted molar refractivity (Wildman–Crippen MR) is 42.3 cm³/mol. The third-order valence-electron chi connectivity index (χ3n) is 1.59. The second-order valence-corrected chi connectivity index (χ2v) is 2.34. The number of aldehydes is 1. The molecular weight excluding hydrogens is 140 g/mol. The van der Waals surface area contributed by atoms with Gasteiger partial charge in [0.05, 0.1) is 12.5 Å². The van der Waals surface area contributed by atoms with Crippen molar-refractivity contribution in [3.8, 4) is 0 Å². The molecule has 0 spiro atoms. The Hall–Kier alpha value is -1.15. The van der Waals surface area contributed by atoms with Crippen LogP contribution in [0.3, 0.4) is 0 Å². The Balaban J connectivity index is 2.82. The lowest BCUT2D eigenvalue weighted by Crippen LogP contribution is -2.04. The third-order valence-corrected chi connectivity index (χ3v) is 1.59. The lowest BCUT2D eigenvalue weighted by Gasteiger charge is -2.04. The summed E-state index contributed by atoms with van der Waals surface area (Å²) in [5, 5.41) is 8.75. The van der Waals surface area contributed by atoms with Crippen LogP contribution in [-0.4, -0.2) is 18.0 Å². The van der Waals surface area contributed by atoms with E-state index in [1.54, 1.807) is 0 Å². The fraction of sp³-hybridized carbons (Fsp3) is 0.222. The van der Waals surface area contributed by atoms with Gasteiger partial charge in [0, 0.05) is 0 Å². The minimum Gasteiger partial charge on any atom is -0.395 e. The van der Waals surface area contributed by atoms with E-state index in [4.69, 9.17) is 5.11 Å². The lowest BCUT2D eigenvalue weighted by atomic mass is 10.0. The molecule has 0 aliphatic heterocycles. The summed E-state index contributed by atoms with van der Waals surface area (Å²) in [7, 11) is 0. The van der Waals surface area contributed by atoms with Gasteiger partial charge in [0.25, 0.3) is 0 Å². The van der Waals surface area contributed by atoms with Gasteiger partial charge in [-0.1, -0.05) is 30.3 Å². The molecule has 2 heteroatoms. The van der Waals surface area contributed by atoms with E-state index in [9.17, 15) is 4.79 Å². The van der Waals surface area contributed by atoms with Crippen molar-refractivity contribution in [1.29, 1.82) is 0 Å². The van der Waals surface area contributed by atoms with Crippen LogP contribution >= 0.6 is 0 Å². The molecule has 1 atom stereocenters. The van der Waals surface area contributed by atoms with Crippen molar-refractivity contribution in [3.63, 3.8) is 0 Å². The number of benzene rings is 1. The standard InChI is InChI=1S/C9H10O2/c10-6-9(7-11)8-4-2-1-3-5-8/h1-6,9,11H,7H2/t9-/m0/s1. The minimum absolute atomic E-state index is 0.118. The number of rotatable bonds is 3. The normalized spacial score (nSPS) is 12.5. The maximum Gasteiger partial charge on any atom is 0.129 e. The summed E-state index contributed by atoms with van der Waals surface area (Å²) < 4.78 is 0. The van der Waals surface area contributed by atoms with E-state index in [2.05, 4.69) is 0 Å². The van der Waals surface area contributed by atoms with Crippen molar-refractivity contribution in [2.75, 3.05) is 6.61 Å². The van der Waals surface area contributed by atoms with Crippen LogP contribution in [0.4, 0.5) is 0 Å². The summed E-state index contributed by atoms with van der Waals surface area (Å²) in [5.41, 5.74) is 0.866. The maximum atomic E-state index is 10.4. The van der Waals surface area contributed by atoms with Crippen LogP contribution in [0.25, 0.3) is 0 Å². The smallest absolute Gasteiger partial charge is 0.129 e. The summed E-state index contributed by atoms with van der Waals surface area (Å²) in [6, 6.07) is 9.23. The highest BCUT2D eigenvalue weighted by Crippen LogP contribution is 2.10. The van der Waals surface area contributed by atoms with Gasteiger partial charge in [0.1, 0.15) is 6.29 Å². The van der Waals surface area contributed by atoms with Gasteiger partial charge < -0.3 is 9.90 Å². The van der Waals surface area contributed by atoms with Crippen LogP contribution in [0.5, 0.6) is 0 Å². The van der Waals surface area contributed by atoms with Gasteiger partial charge in [-0.25, -0.2) is 0 Å². The van der Waals surface area contributed by atoms with E-state index in [0.717, 1.165) is 11.8 Å². The molecule has 0 bridgehead atoms. The number of carbonyl (C=O) groups is 1. The van der Waals surface area contributed by atoms with Gasteiger partial charge in [-0.2, -0.15) is 0 Å². The first-order chi connectivity index (χ1) is 5.38. The lowest BCUT2D eigenvalue weighted by molar-refractivity contribution is -0.109. The zero-order valence-corrected chi connectivity index (χ0v) is 6.10.